The molecule has 0 aliphatic carbocycles. The highest BCUT2D eigenvalue weighted by molar-refractivity contribution is 7.11. The number of hydrogen-bond donors (Lipinski definition) is 1. The van der Waals surface area contributed by atoms with Crippen LogP contribution in [0.3, 0.4) is 0 Å². The zero-order valence-corrected chi connectivity index (χ0v) is 12.5. The van der Waals surface area contributed by atoms with Crippen molar-refractivity contribution in [3.05, 3.63) is 45.6 Å². The van der Waals surface area contributed by atoms with Crippen LogP contribution in [-0.2, 0) is 13.1 Å². The lowest BCUT2D eigenvalue weighted by Crippen LogP contribution is -2.11. The van der Waals surface area contributed by atoms with E-state index in [-0.39, 0.29) is 0 Å². The normalized spacial score (nSPS) is 14.1. The molecule has 0 unspecified atom stereocenters. The summed E-state index contributed by atoms with van der Waals surface area (Å²) in [6.45, 7) is 5.36. The molecule has 0 saturated carbocycles. The Hall–Kier alpha value is -1.52. The molecule has 106 valence electrons. The molecule has 1 aliphatic heterocycles. The Bertz CT molecular complexity index is 580. The van der Waals surface area contributed by atoms with Crippen LogP contribution < -0.4 is 14.8 Å². The average molecular weight is 289 g/mol. The maximum Gasteiger partial charge on any atom is 0.161 e. The number of rotatable bonds is 4. The minimum atomic E-state index is 0.734. The molecule has 1 aromatic carbocycles. The van der Waals surface area contributed by atoms with Gasteiger partial charge in [0.2, 0.25) is 0 Å². The van der Waals surface area contributed by atoms with Crippen LogP contribution in [0.4, 0.5) is 0 Å². The molecule has 0 atom stereocenters. The summed E-state index contributed by atoms with van der Waals surface area (Å²) in [6.07, 6.45) is 0.944. The van der Waals surface area contributed by atoms with Gasteiger partial charge in [-0.05, 0) is 36.8 Å². The van der Waals surface area contributed by atoms with Crippen LogP contribution in [0.2, 0.25) is 0 Å². The van der Waals surface area contributed by atoms with Gasteiger partial charge in [-0.1, -0.05) is 6.07 Å². The van der Waals surface area contributed by atoms with Gasteiger partial charge in [0.25, 0.3) is 0 Å². The summed E-state index contributed by atoms with van der Waals surface area (Å²) >= 11 is 1.84. The molecular formula is C16H19NO2S. The minimum absolute atomic E-state index is 0.734. The summed E-state index contributed by atoms with van der Waals surface area (Å²) < 4.78 is 11.3. The first-order valence-electron chi connectivity index (χ1n) is 6.96. The second kappa shape index (κ2) is 6.29. The lowest BCUT2D eigenvalue weighted by Gasteiger charge is -2.09. The quantitative estimate of drug-likeness (QED) is 0.934. The van der Waals surface area contributed by atoms with E-state index in [0.717, 1.165) is 44.2 Å². The first kappa shape index (κ1) is 13.5. The number of benzene rings is 1. The molecule has 0 spiro atoms. The zero-order valence-electron chi connectivity index (χ0n) is 11.6. The highest BCUT2D eigenvalue weighted by Gasteiger charge is 2.10. The van der Waals surface area contributed by atoms with E-state index in [9.17, 15) is 0 Å². The Morgan fingerprint density at radius 1 is 1.05 bits per heavy atom. The molecule has 20 heavy (non-hydrogen) atoms. The second-order valence-corrected chi connectivity index (χ2v) is 6.32. The third-order valence-electron chi connectivity index (χ3n) is 3.24. The van der Waals surface area contributed by atoms with Crippen LogP contribution in [0.5, 0.6) is 11.5 Å². The third-order valence-corrected chi connectivity index (χ3v) is 4.24. The standard InChI is InChI=1S/C16H19NO2S/c1-12-3-5-14(20-12)11-17-10-13-4-6-15-16(9-13)19-8-2-7-18-15/h3-6,9,17H,2,7-8,10-11H2,1H3. The number of thiophene rings is 1. The largest absolute Gasteiger partial charge is 0.490 e. The summed E-state index contributed by atoms with van der Waals surface area (Å²) in [5.41, 5.74) is 1.22. The van der Waals surface area contributed by atoms with Crippen molar-refractivity contribution in [2.45, 2.75) is 26.4 Å². The Morgan fingerprint density at radius 3 is 2.70 bits per heavy atom. The van der Waals surface area contributed by atoms with Gasteiger partial charge in [0, 0.05) is 29.3 Å². The minimum Gasteiger partial charge on any atom is -0.490 e. The monoisotopic (exact) mass is 289 g/mol. The van der Waals surface area contributed by atoms with Gasteiger partial charge < -0.3 is 14.8 Å². The Morgan fingerprint density at radius 2 is 1.90 bits per heavy atom. The highest BCUT2D eigenvalue weighted by Crippen LogP contribution is 2.30. The summed E-state index contributed by atoms with van der Waals surface area (Å²) in [6, 6.07) is 10.5. The number of aryl methyl sites for hydroxylation is 1. The molecule has 0 saturated heterocycles. The maximum atomic E-state index is 5.71. The van der Waals surface area contributed by atoms with Gasteiger partial charge in [-0.3, -0.25) is 0 Å². The summed E-state index contributed by atoms with van der Waals surface area (Å²) in [5.74, 6) is 1.73. The van der Waals surface area contributed by atoms with Gasteiger partial charge in [-0.25, -0.2) is 0 Å². The molecule has 2 heterocycles. The van der Waals surface area contributed by atoms with Crippen LogP contribution in [0.15, 0.2) is 30.3 Å². The summed E-state index contributed by atoms with van der Waals surface area (Å²) in [7, 11) is 0. The van der Waals surface area contributed by atoms with Gasteiger partial charge in [-0.2, -0.15) is 0 Å². The number of nitrogens with one attached hydrogen (secondary N) is 1. The number of ether oxygens (including phenoxy) is 2. The van der Waals surface area contributed by atoms with E-state index in [2.05, 4.69) is 36.5 Å². The van der Waals surface area contributed by atoms with E-state index >= 15 is 0 Å². The smallest absolute Gasteiger partial charge is 0.161 e. The van der Waals surface area contributed by atoms with Crippen molar-refractivity contribution in [3.63, 3.8) is 0 Å². The van der Waals surface area contributed by atoms with E-state index in [4.69, 9.17) is 9.47 Å². The Balaban J connectivity index is 1.59. The summed E-state index contributed by atoms with van der Waals surface area (Å²) in [4.78, 5) is 2.73. The molecule has 1 aliphatic rings. The van der Waals surface area contributed by atoms with Crippen molar-refractivity contribution in [3.8, 4) is 11.5 Å². The fourth-order valence-corrected chi connectivity index (χ4v) is 3.09. The molecule has 1 aromatic heterocycles. The fourth-order valence-electron chi connectivity index (χ4n) is 2.23. The van der Waals surface area contributed by atoms with Gasteiger partial charge in [0.15, 0.2) is 11.5 Å². The molecule has 2 aromatic rings. The van der Waals surface area contributed by atoms with Gasteiger partial charge >= 0.3 is 0 Å². The van der Waals surface area contributed by atoms with E-state index in [1.807, 2.05) is 17.4 Å². The van der Waals surface area contributed by atoms with Crippen molar-refractivity contribution in [1.82, 2.24) is 5.32 Å². The van der Waals surface area contributed by atoms with Crippen LogP contribution in [0, 0.1) is 6.92 Å². The van der Waals surface area contributed by atoms with Crippen molar-refractivity contribution < 1.29 is 9.47 Å². The van der Waals surface area contributed by atoms with Crippen molar-refractivity contribution in [2.24, 2.45) is 0 Å². The van der Waals surface area contributed by atoms with Gasteiger partial charge in [0.1, 0.15) is 0 Å². The lowest BCUT2D eigenvalue weighted by atomic mass is 10.2. The van der Waals surface area contributed by atoms with E-state index < -0.39 is 0 Å². The molecule has 0 bridgehead atoms. The van der Waals surface area contributed by atoms with Crippen molar-refractivity contribution >= 4 is 11.3 Å². The molecule has 0 radical (unpaired) electrons. The Kier molecular flexibility index (Phi) is 4.23. The van der Waals surface area contributed by atoms with Crippen LogP contribution in [0.25, 0.3) is 0 Å². The van der Waals surface area contributed by atoms with E-state index in [1.54, 1.807) is 0 Å². The SMILES string of the molecule is Cc1ccc(CNCc2ccc3c(c2)OCCCO3)s1. The van der Waals surface area contributed by atoms with E-state index in [1.165, 1.54) is 15.3 Å². The van der Waals surface area contributed by atoms with Crippen LogP contribution in [0.1, 0.15) is 21.7 Å². The number of fused-ring (bicyclic) bond motifs is 1. The molecule has 0 fully saturated rings. The molecule has 0 amide bonds. The van der Waals surface area contributed by atoms with Crippen molar-refractivity contribution in [1.29, 1.82) is 0 Å². The van der Waals surface area contributed by atoms with Crippen LogP contribution in [-0.4, -0.2) is 13.2 Å². The topological polar surface area (TPSA) is 30.5 Å². The van der Waals surface area contributed by atoms with E-state index in [0.29, 0.717) is 0 Å². The van der Waals surface area contributed by atoms with Crippen molar-refractivity contribution in [2.75, 3.05) is 13.2 Å². The predicted octanol–water partition coefficient (Wildman–Crippen LogP) is 3.51. The molecule has 3 rings (SSSR count). The molecule has 1 N–H and O–H groups in total. The Labute approximate surface area is 123 Å². The van der Waals surface area contributed by atoms with Gasteiger partial charge in [0.05, 0.1) is 13.2 Å². The summed E-state index contributed by atoms with van der Waals surface area (Å²) in [5, 5.41) is 3.47. The number of hydrogen-bond acceptors (Lipinski definition) is 4. The maximum absolute atomic E-state index is 5.71. The third kappa shape index (κ3) is 3.32. The first-order chi connectivity index (χ1) is 9.81. The lowest BCUT2D eigenvalue weighted by molar-refractivity contribution is 0.297. The predicted molar refractivity (Wildman–Crippen MR) is 81.6 cm³/mol. The molecule has 3 nitrogen and oxygen atoms in total. The average Bonchev–Trinajstić information content (AvgIpc) is 2.73. The van der Waals surface area contributed by atoms with Crippen LogP contribution >= 0.6 is 11.3 Å². The second-order valence-electron chi connectivity index (χ2n) is 4.95. The zero-order chi connectivity index (χ0) is 13.8. The fraction of sp³-hybridized carbons (Fsp3) is 0.375. The first-order valence-corrected chi connectivity index (χ1v) is 7.77. The molecular weight excluding hydrogens is 270 g/mol. The molecule has 4 heteroatoms. The van der Waals surface area contributed by atoms with Gasteiger partial charge in [-0.15, -0.1) is 11.3 Å². The highest BCUT2D eigenvalue weighted by atomic mass is 32.1.